The summed E-state index contributed by atoms with van der Waals surface area (Å²) >= 11 is 11.8. The fourth-order valence-electron chi connectivity index (χ4n) is 3.07. The Kier molecular flexibility index (Phi) is 5.58. The molecular weight excluding hydrogens is 408 g/mol. The molecule has 1 unspecified atom stereocenters. The minimum atomic E-state index is -1.34. The number of rotatable bonds is 5. The maximum absolute atomic E-state index is 13.2. The van der Waals surface area contributed by atoms with E-state index in [4.69, 9.17) is 23.2 Å². The zero-order valence-electron chi connectivity index (χ0n) is 14.8. The maximum atomic E-state index is 13.2. The Morgan fingerprint density at radius 2 is 1.86 bits per heavy atom. The smallest absolute Gasteiger partial charge is 0.323 e. The Labute approximate surface area is 170 Å². The van der Waals surface area contributed by atoms with Gasteiger partial charge in [-0.1, -0.05) is 42.3 Å². The number of hydrogen-bond acceptors (Lipinski definition) is 3. The van der Waals surface area contributed by atoms with Crippen molar-refractivity contribution in [2.45, 2.75) is 18.9 Å². The molecular formula is C19H16Cl2FN3O3. The molecule has 0 spiro atoms. The minimum Gasteiger partial charge on any atom is -0.323 e. The molecule has 0 aliphatic carbocycles. The molecule has 1 saturated heterocycles. The van der Waals surface area contributed by atoms with Crippen LogP contribution in [0.2, 0.25) is 10.0 Å². The van der Waals surface area contributed by atoms with Crippen LogP contribution in [-0.2, 0) is 15.1 Å². The van der Waals surface area contributed by atoms with Crippen molar-refractivity contribution in [3.63, 3.8) is 0 Å². The topological polar surface area (TPSA) is 78.5 Å². The average molecular weight is 424 g/mol. The lowest BCUT2D eigenvalue weighted by molar-refractivity contribution is -0.134. The predicted molar refractivity (Wildman–Crippen MR) is 104 cm³/mol. The van der Waals surface area contributed by atoms with Gasteiger partial charge in [0, 0.05) is 5.02 Å². The number of benzene rings is 2. The van der Waals surface area contributed by atoms with Gasteiger partial charge in [0.1, 0.15) is 17.9 Å². The zero-order valence-corrected chi connectivity index (χ0v) is 16.3. The van der Waals surface area contributed by atoms with Gasteiger partial charge in [-0.25, -0.2) is 9.18 Å². The second-order valence-corrected chi connectivity index (χ2v) is 7.10. The SMILES string of the molecule is CCC1(c2ccc(F)cc2)NC(=O)N(CC(=O)Nc2ccc(Cl)cc2Cl)C1=O. The summed E-state index contributed by atoms with van der Waals surface area (Å²) in [6.07, 6.45) is 0.240. The van der Waals surface area contributed by atoms with Crippen molar-refractivity contribution >= 4 is 46.7 Å². The highest BCUT2D eigenvalue weighted by Gasteiger charge is 2.51. The lowest BCUT2D eigenvalue weighted by Gasteiger charge is -2.25. The molecule has 1 aliphatic rings. The average Bonchev–Trinajstić information content (AvgIpc) is 2.90. The van der Waals surface area contributed by atoms with E-state index in [1.54, 1.807) is 13.0 Å². The molecule has 0 saturated carbocycles. The predicted octanol–water partition coefficient (Wildman–Crippen LogP) is 3.93. The monoisotopic (exact) mass is 423 g/mol. The number of imide groups is 1. The van der Waals surface area contributed by atoms with Crippen LogP contribution in [0.25, 0.3) is 0 Å². The Balaban J connectivity index is 1.79. The first-order chi connectivity index (χ1) is 13.3. The molecule has 1 aliphatic heterocycles. The molecule has 1 heterocycles. The van der Waals surface area contributed by atoms with Gasteiger partial charge in [0.05, 0.1) is 10.7 Å². The molecule has 1 fully saturated rings. The van der Waals surface area contributed by atoms with E-state index >= 15 is 0 Å². The van der Waals surface area contributed by atoms with Gasteiger partial charge >= 0.3 is 6.03 Å². The summed E-state index contributed by atoms with van der Waals surface area (Å²) in [6, 6.07) is 9.13. The van der Waals surface area contributed by atoms with Crippen LogP contribution in [0.4, 0.5) is 14.9 Å². The fourth-order valence-corrected chi connectivity index (χ4v) is 3.52. The number of nitrogens with zero attached hydrogens (tertiary/aromatic N) is 1. The lowest BCUT2D eigenvalue weighted by atomic mass is 9.87. The van der Waals surface area contributed by atoms with Gasteiger partial charge < -0.3 is 10.6 Å². The van der Waals surface area contributed by atoms with E-state index in [1.807, 2.05) is 0 Å². The summed E-state index contributed by atoms with van der Waals surface area (Å²) in [5.41, 5.74) is -0.593. The summed E-state index contributed by atoms with van der Waals surface area (Å²) < 4.78 is 13.2. The van der Waals surface area contributed by atoms with Crippen molar-refractivity contribution in [2.24, 2.45) is 0 Å². The Bertz CT molecular complexity index is 952. The first kappa shape index (κ1) is 20.1. The highest BCUT2D eigenvalue weighted by Crippen LogP contribution is 2.32. The summed E-state index contributed by atoms with van der Waals surface area (Å²) in [6.45, 7) is 1.23. The third-order valence-corrected chi connectivity index (χ3v) is 5.10. The first-order valence-electron chi connectivity index (χ1n) is 8.42. The molecule has 6 nitrogen and oxygen atoms in total. The van der Waals surface area contributed by atoms with Crippen LogP contribution in [0.1, 0.15) is 18.9 Å². The molecule has 0 bridgehead atoms. The lowest BCUT2D eigenvalue weighted by Crippen LogP contribution is -2.44. The minimum absolute atomic E-state index is 0.229. The van der Waals surface area contributed by atoms with Crippen molar-refractivity contribution in [1.29, 1.82) is 0 Å². The zero-order chi connectivity index (χ0) is 20.5. The standard InChI is InChI=1S/C19H16Cl2FN3O3/c1-2-19(11-3-6-13(22)7-4-11)17(27)25(18(28)24-19)10-16(26)23-15-8-5-12(20)9-14(15)21/h3-9H,2,10H2,1H3,(H,23,26)(H,24,28). The molecule has 9 heteroatoms. The van der Waals surface area contributed by atoms with Crippen LogP contribution < -0.4 is 10.6 Å². The summed E-state index contributed by atoms with van der Waals surface area (Å²) in [7, 11) is 0. The van der Waals surface area contributed by atoms with Gasteiger partial charge in [0.25, 0.3) is 5.91 Å². The maximum Gasteiger partial charge on any atom is 0.325 e. The van der Waals surface area contributed by atoms with Gasteiger partial charge in [-0.05, 0) is 42.3 Å². The number of carbonyl (C=O) groups excluding carboxylic acids is 3. The van der Waals surface area contributed by atoms with Crippen LogP contribution >= 0.6 is 23.2 Å². The Morgan fingerprint density at radius 1 is 1.18 bits per heavy atom. The number of amides is 4. The van der Waals surface area contributed by atoms with Crippen LogP contribution in [-0.4, -0.2) is 29.3 Å². The Hall–Kier alpha value is -2.64. The van der Waals surface area contributed by atoms with Crippen LogP contribution in [0.5, 0.6) is 0 Å². The molecule has 146 valence electrons. The summed E-state index contributed by atoms with van der Waals surface area (Å²) in [5, 5.41) is 5.81. The van der Waals surface area contributed by atoms with E-state index in [1.165, 1.54) is 36.4 Å². The van der Waals surface area contributed by atoms with Gasteiger partial charge in [0.2, 0.25) is 5.91 Å². The third-order valence-electron chi connectivity index (χ3n) is 4.55. The van der Waals surface area contributed by atoms with E-state index in [-0.39, 0.29) is 11.4 Å². The van der Waals surface area contributed by atoms with Crippen molar-refractivity contribution < 1.29 is 18.8 Å². The molecule has 28 heavy (non-hydrogen) atoms. The molecule has 2 N–H and O–H groups in total. The van der Waals surface area contributed by atoms with Crippen molar-refractivity contribution in [3.05, 3.63) is 63.9 Å². The molecule has 4 amide bonds. The second-order valence-electron chi connectivity index (χ2n) is 6.26. The fraction of sp³-hybridized carbons (Fsp3) is 0.211. The second kappa shape index (κ2) is 7.77. The van der Waals surface area contributed by atoms with Gasteiger partial charge in [0.15, 0.2) is 0 Å². The number of anilines is 1. The first-order valence-corrected chi connectivity index (χ1v) is 9.17. The van der Waals surface area contributed by atoms with E-state index in [0.29, 0.717) is 16.3 Å². The normalized spacial score (nSPS) is 18.9. The number of urea groups is 1. The van der Waals surface area contributed by atoms with Gasteiger partial charge in [-0.2, -0.15) is 0 Å². The van der Waals surface area contributed by atoms with Gasteiger partial charge in [-0.3, -0.25) is 14.5 Å². The highest BCUT2D eigenvalue weighted by atomic mass is 35.5. The number of hydrogen-bond donors (Lipinski definition) is 2. The third kappa shape index (κ3) is 3.68. The number of carbonyl (C=O) groups is 3. The molecule has 2 aromatic rings. The molecule has 0 aromatic heterocycles. The van der Waals surface area contributed by atoms with Crippen molar-refractivity contribution in [1.82, 2.24) is 10.2 Å². The largest absolute Gasteiger partial charge is 0.325 e. The van der Waals surface area contributed by atoms with E-state index < -0.39 is 35.7 Å². The molecule has 2 aromatic carbocycles. The molecule has 0 radical (unpaired) electrons. The van der Waals surface area contributed by atoms with E-state index in [9.17, 15) is 18.8 Å². The van der Waals surface area contributed by atoms with E-state index in [2.05, 4.69) is 10.6 Å². The molecule has 3 rings (SSSR count). The molecule has 1 atom stereocenters. The number of nitrogens with one attached hydrogen (secondary N) is 2. The number of halogens is 3. The van der Waals surface area contributed by atoms with Crippen molar-refractivity contribution in [3.8, 4) is 0 Å². The quantitative estimate of drug-likeness (QED) is 0.715. The van der Waals surface area contributed by atoms with Gasteiger partial charge in [-0.15, -0.1) is 0 Å². The summed E-state index contributed by atoms with van der Waals surface area (Å²) in [4.78, 5) is 38.6. The summed E-state index contributed by atoms with van der Waals surface area (Å²) in [5.74, 6) is -1.63. The highest BCUT2D eigenvalue weighted by molar-refractivity contribution is 6.36. The van der Waals surface area contributed by atoms with Crippen LogP contribution in [0.3, 0.4) is 0 Å². The van der Waals surface area contributed by atoms with E-state index in [0.717, 1.165) is 4.90 Å². The Morgan fingerprint density at radius 3 is 2.46 bits per heavy atom. The van der Waals surface area contributed by atoms with Crippen LogP contribution in [0, 0.1) is 5.82 Å². The van der Waals surface area contributed by atoms with Crippen molar-refractivity contribution in [2.75, 3.05) is 11.9 Å². The van der Waals surface area contributed by atoms with Crippen LogP contribution in [0.15, 0.2) is 42.5 Å².